The van der Waals surface area contributed by atoms with Crippen molar-refractivity contribution in [1.29, 1.82) is 0 Å². The maximum atomic E-state index is 2.34. The predicted octanol–water partition coefficient (Wildman–Crippen LogP) is 4.76. The molecule has 2 unspecified atom stereocenters. The van der Waals surface area contributed by atoms with E-state index in [-0.39, 0.29) is 0 Å². The second kappa shape index (κ2) is 5.71. The molecule has 0 N–H and O–H groups in total. The molecule has 2 aromatic carbocycles. The molecule has 0 saturated heterocycles. The molecular formula is C19H18. The highest BCUT2D eigenvalue weighted by Crippen LogP contribution is 2.32. The maximum absolute atomic E-state index is 2.34. The van der Waals surface area contributed by atoms with Crippen LogP contribution in [-0.4, -0.2) is 0 Å². The summed E-state index contributed by atoms with van der Waals surface area (Å²) < 4.78 is 0. The summed E-state index contributed by atoms with van der Waals surface area (Å²) in [5.41, 5.74) is 2.82. The van der Waals surface area contributed by atoms with Crippen molar-refractivity contribution in [3.8, 4) is 0 Å². The van der Waals surface area contributed by atoms with E-state index in [0.29, 0.717) is 11.8 Å². The fourth-order valence-electron chi connectivity index (χ4n) is 2.77. The Morgan fingerprint density at radius 1 is 0.684 bits per heavy atom. The summed E-state index contributed by atoms with van der Waals surface area (Å²) in [7, 11) is 0. The van der Waals surface area contributed by atoms with Crippen molar-refractivity contribution in [2.24, 2.45) is 5.92 Å². The van der Waals surface area contributed by atoms with Gasteiger partial charge in [-0.15, -0.1) is 0 Å². The molecule has 0 saturated carbocycles. The van der Waals surface area contributed by atoms with Gasteiger partial charge in [-0.3, -0.25) is 0 Å². The van der Waals surface area contributed by atoms with Gasteiger partial charge in [0.25, 0.3) is 0 Å². The lowest BCUT2D eigenvalue weighted by molar-refractivity contribution is 0.574. The third kappa shape index (κ3) is 2.85. The molecule has 0 nitrogen and oxygen atoms in total. The van der Waals surface area contributed by atoms with Crippen LogP contribution in [0.25, 0.3) is 0 Å². The second-order valence-electron chi connectivity index (χ2n) is 5.06. The van der Waals surface area contributed by atoms with Crippen LogP contribution in [0, 0.1) is 5.92 Å². The average molecular weight is 246 g/mol. The molecule has 0 aromatic heterocycles. The van der Waals surface area contributed by atoms with Gasteiger partial charge < -0.3 is 0 Å². The van der Waals surface area contributed by atoms with Gasteiger partial charge in [0.1, 0.15) is 0 Å². The number of benzene rings is 2. The molecule has 3 rings (SSSR count). The molecule has 2 atom stereocenters. The van der Waals surface area contributed by atoms with E-state index in [2.05, 4.69) is 85.0 Å². The van der Waals surface area contributed by atoms with E-state index in [9.17, 15) is 0 Å². The highest BCUT2D eigenvalue weighted by molar-refractivity contribution is 5.32. The minimum absolute atomic E-state index is 0.492. The summed E-state index contributed by atoms with van der Waals surface area (Å²) in [4.78, 5) is 0. The molecule has 1 aliphatic rings. The number of allylic oxidation sites excluding steroid dienone is 4. The van der Waals surface area contributed by atoms with Gasteiger partial charge in [0, 0.05) is 5.92 Å². The Kier molecular flexibility index (Phi) is 3.60. The van der Waals surface area contributed by atoms with Gasteiger partial charge in [0.05, 0.1) is 0 Å². The van der Waals surface area contributed by atoms with E-state index in [1.165, 1.54) is 11.1 Å². The van der Waals surface area contributed by atoms with E-state index < -0.39 is 0 Å². The minimum atomic E-state index is 0.492. The molecule has 0 radical (unpaired) electrons. The summed E-state index contributed by atoms with van der Waals surface area (Å²) in [6, 6.07) is 21.5. The van der Waals surface area contributed by atoms with Crippen molar-refractivity contribution in [2.75, 3.05) is 0 Å². The first-order valence-electron chi connectivity index (χ1n) is 6.87. The van der Waals surface area contributed by atoms with Gasteiger partial charge in [-0.25, -0.2) is 0 Å². The highest BCUT2D eigenvalue weighted by Gasteiger charge is 2.20. The molecule has 0 spiro atoms. The van der Waals surface area contributed by atoms with Crippen molar-refractivity contribution >= 4 is 0 Å². The number of rotatable bonds is 3. The second-order valence-corrected chi connectivity index (χ2v) is 5.06. The first-order valence-corrected chi connectivity index (χ1v) is 6.87. The van der Waals surface area contributed by atoms with Gasteiger partial charge in [-0.05, 0) is 23.5 Å². The van der Waals surface area contributed by atoms with Crippen molar-refractivity contribution in [2.45, 2.75) is 12.3 Å². The molecule has 94 valence electrons. The molecule has 19 heavy (non-hydrogen) atoms. The fourth-order valence-corrected chi connectivity index (χ4v) is 2.77. The van der Waals surface area contributed by atoms with E-state index in [1.54, 1.807) is 0 Å². The highest BCUT2D eigenvalue weighted by atomic mass is 14.2. The van der Waals surface area contributed by atoms with Crippen molar-refractivity contribution < 1.29 is 0 Å². The van der Waals surface area contributed by atoms with E-state index in [4.69, 9.17) is 0 Å². The van der Waals surface area contributed by atoms with Crippen LogP contribution in [0.2, 0.25) is 0 Å². The quantitative estimate of drug-likeness (QED) is 0.732. The summed E-state index contributed by atoms with van der Waals surface area (Å²) in [6.45, 7) is 0. The summed E-state index contributed by atoms with van der Waals surface area (Å²) in [5, 5.41) is 0. The monoisotopic (exact) mass is 246 g/mol. The van der Waals surface area contributed by atoms with Crippen LogP contribution in [0.1, 0.15) is 17.0 Å². The molecule has 0 heteroatoms. The Morgan fingerprint density at radius 3 is 2.05 bits per heavy atom. The SMILES string of the molecule is C1=CC(Cc2ccccc2)C(c2ccccc2)C=C1. The van der Waals surface area contributed by atoms with Crippen LogP contribution in [0.4, 0.5) is 0 Å². The van der Waals surface area contributed by atoms with Crippen LogP contribution < -0.4 is 0 Å². The molecule has 2 aromatic rings. The average Bonchev–Trinajstić information content (AvgIpc) is 2.50. The van der Waals surface area contributed by atoms with Crippen LogP contribution in [0.3, 0.4) is 0 Å². The largest absolute Gasteiger partial charge is 0.0802 e. The molecule has 1 aliphatic carbocycles. The van der Waals surface area contributed by atoms with Crippen molar-refractivity contribution in [1.82, 2.24) is 0 Å². The molecule has 0 bridgehead atoms. The third-order valence-electron chi connectivity index (χ3n) is 3.75. The van der Waals surface area contributed by atoms with E-state index in [0.717, 1.165) is 6.42 Å². The normalized spacial score (nSPS) is 21.5. The number of hydrogen-bond donors (Lipinski definition) is 0. The summed E-state index contributed by atoms with van der Waals surface area (Å²) in [5.74, 6) is 1.04. The molecule has 0 amide bonds. The van der Waals surface area contributed by atoms with E-state index >= 15 is 0 Å². The lowest BCUT2D eigenvalue weighted by Crippen LogP contribution is -2.13. The summed E-state index contributed by atoms with van der Waals surface area (Å²) in [6.07, 6.45) is 10.1. The zero-order valence-corrected chi connectivity index (χ0v) is 10.9. The van der Waals surface area contributed by atoms with Crippen molar-refractivity contribution in [3.63, 3.8) is 0 Å². The third-order valence-corrected chi connectivity index (χ3v) is 3.75. The number of hydrogen-bond acceptors (Lipinski definition) is 0. The zero-order chi connectivity index (χ0) is 12.9. The van der Waals surface area contributed by atoms with Gasteiger partial charge in [0.15, 0.2) is 0 Å². The first-order chi connectivity index (χ1) is 9.43. The Hall–Kier alpha value is -2.08. The molecule has 0 aliphatic heterocycles. The fraction of sp³-hybridized carbons (Fsp3) is 0.158. The molecule has 0 fully saturated rings. The van der Waals surface area contributed by atoms with Gasteiger partial charge in [0.2, 0.25) is 0 Å². The van der Waals surface area contributed by atoms with Crippen LogP contribution in [-0.2, 0) is 6.42 Å². The van der Waals surface area contributed by atoms with Crippen LogP contribution >= 0.6 is 0 Å². The Bertz CT molecular complexity index is 564. The Labute approximate surface area is 115 Å². The Balaban J connectivity index is 1.83. The molecule has 0 heterocycles. The molecular weight excluding hydrogens is 228 g/mol. The van der Waals surface area contributed by atoms with Crippen LogP contribution in [0.15, 0.2) is 85.0 Å². The first kappa shape index (κ1) is 12.0. The van der Waals surface area contributed by atoms with Crippen molar-refractivity contribution in [3.05, 3.63) is 96.1 Å². The summed E-state index contributed by atoms with van der Waals surface area (Å²) >= 11 is 0. The van der Waals surface area contributed by atoms with Crippen LogP contribution in [0.5, 0.6) is 0 Å². The minimum Gasteiger partial charge on any atom is -0.0802 e. The Morgan fingerprint density at radius 2 is 1.32 bits per heavy atom. The van der Waals surface area contributed by atoms with E-state index in [1.807, 2.05) is 0 Å². The zero-order valence-electron chi connectivity index (χ0n) is 10.9. The standard InChI is InChI=1S/C19H18/c1-3-9-16(10-4-1)15-18-13-7-8-14-19(18)17-11-5-2-6-12-17/h1-14,18-19H,15H2. The predicted molar refractivity (Wildman–Crippen MR) is 81.1 cm³/mol. The lowest BCUT2D eigenvalue weighted by Gasteiger charge is -2.24. The maximum Gasteiger partial charge on any atom is 0.00872 e. The van der Waals surface area contributed by atoms with Gasteiger partial charge in [-0.2, -0.15) is 0 Å². The smallest absolute Gasteiger partial charge is 0.00872 e. The van der Waals surface area contributed by atoms with Gasteiger partial charge >= 0.3 is 0 Å². The lowest BCUT2D eigenvalue weighted by atomic mass is 9.80. The topological polar surface area (TPSA) is 0 Å². The van der Waals surface area contributed by atoms with Gasteiger partial charge in [-0.1, -0.05) is 85.0 Å².